The topological polar surface area (TPSA) is 64.6 Å². The summed E-state index contributed by atoms with van der Waals surface area (Å²) in [4.78, 5) is 24.4. The molecule has 1 amide bonds. The van der Waals surface area contributed by atoms with Crippen LogP contribution in [0.25, 0.3) is 0 Å². The lowest BCUT2D eigenvalue weighted by molar-refractivity contribution is -0.130. The predicted octanol–water partition coefficient (Wildman–Crippen LogP) is 3.18. The van der Waals surface area contributed by atoms with Crippen molar-refractivity contribution in [3.63, 3.8) is 0 Å². The number of carbonyl (C=O) groups is 2. The number of benzene rings is 1. The van der Waals surface area contributed by atoms with Crippen molar-refractivity contribution in [2.45, 2.75) is 52.2 Å². The Kier molecular flexibility index (Phi) is 6.23. The number of esters is 1. The van der Waals surface area contributed by atoms with Crippen LogP contribution in [0.4, 0.5) is 0 Å². The molecule has 24 heavy (non-hydrogen) atoms. The Morgan fingerprint density at radius 2 is 1.83 bits per heavy atom. The largest absolute Gasteiger partial charge is 0.497 e. The van der Waals surface area contributed by atoms with Crippen molar-refractivity contribution in [1.82, 2.24) is 5.32 Å². The fraction of sp³-hybridized carbons (Fsp3) is 0.579. The zero-order valence-electron chi connectivity index (χ0n) is 14.9. The summed E-state index contributed by atoms with van der Waals surface area (Å²) in [6, 6.07) is 6.77. The molecule has 0 aromatic heterocycles. The van der Waals surface area contributed by atoms with E-state index in [9.17, 15) is 9.59 Å². The summed E-state index contributed by atoms with van der Waals surface area (Å²) in [7, 11) is 1.56. The van der Waals surface area contributed by atoms with Gasteiger partial charge in [-0.2, -0.15) is 0 Å². The Bertz CT molecular complexity index is 569. The molecule has 0 radical (unpaired) electrons. The van der Waals surface area contributed by atoms with Crippen LogP contribution in [-0.4, -0.2) is 31.1 Å². The number of carbonyl (C=O) groups excluding carboxylic acids is 2. The molecule has 1 aromatic carbocycles. The van der Waals surface area contributed by atoms with Crippen LogP contribution in [0.5, 0.6) is 5.75 Å². The van der Waals surface area contributed by atoms with Gasteiger partial charge in [-0.05, 0) is 49.4 Å². The van der Waals surface area contributed by atoms with Crippen LogP contribution in [0.15, 0.2) is 24.3 Å². The van der Waals surface area contributed by atoms with E-state index in [-0.39, 0.29) is 11.9 Å². The van der Waals surface area contributed by atoms with Crippen molar-refractivity contribution in [3.8, 4) is 5.75 Å². The second-order valence-corrected chi connectivity index (χ2v) is 6.66. The lowest BCUT2D eigenvalue weighted by Crippen LogP contribution is -2.47. The number of hydrogen-bond donors (Lipinski definition) is 1. The Labute approximate surface area is 143 Å². The van der Waals surface area contributed by atoms with Crippen LogP contribution >= 0.6 is 0 Å². The zero-order valence-corrected chi connectivity index (χ0v) is 14.9. The molecule has 1 aliphatic carbocycles. The molecule has 1 saturated carbocycles. The van der Waals surface area contributed by atoms with Gasteiger partial charge in [-0.25, -0.2) is 4.79 Å². The van der Waals surface area contributed by atoms with Gasteiger partial charge in [0, 0.05) is 6.04 Å². The Hall–Kier alpha value is -2.04. The van der Waals surface area contributed by atoms with E-state index < -0.39 is 12.1 Å². The van der Waals surface area contributed by atoms with E-state index in [1.165, 1.54) is 6.42 Å². The first-order valence-electron chi connectivity index (χ1n) is 8.57. The van der Waals surface area contributed by atoms with E-state index in [2.05, 4.69) is 19.2 Å². The highest BCUT2D eigenvalue weighted by Crippen LogP contribution is 2.29. The SMILES string of the molecule is COc1ccc(C(=O)O[C@H](C)C(=O)N[C@H]2CCC[C@@H](C)[C@H]2C)cc1. The molecule has 1 N–H and O–H groups in total. The van der Waals surface area contributed by atoms with Crippen molar-refractivity contribution in [1.29, 1.82) is 0 Å². The molecule has 0 unspecified atom stereocenters. The number of amides is 1. The molecule has 1 fully saturated rings. The molecule has 0 aliphatic heterocycles. The molecule has 0 bridgehead atoms. The Morgan fingerprint density at radius 3 is 2.46 bits per heavy atom. The third-order valence-corrected chi connectivity index (χ3v) is 5.01. The minimum atomic E-state index is -0.816. The third-order valence-electron chi connectivity index (χ3n) is 5.01. The second-order valence-electron chi connectivity index (χ2n) is 6.66. The number of ether oxygens (including phenoxy) is 2. The highest BCUT2D eigenvalue weighted by atomic mass is 16.5. The number of rotatable bonds is 5. The smallest absolute Gasteiger partial charge is 0.338 e. The summed E-state index contributed by atoms with van der Waals surface area (Å²) in [5.74, 6) is 0.958. The highest BCUT2D eigenvalue weighted by molar-refractivity contribution is 5.92. The molecule has 0 saturated heterocycles. The first kappa shape index (κ1) is 18.3. The normalized spacial score (nSPS) is 24.8. The first-order chi connectivity index (χ1) is 11.4. The Balaban J connectivity index is 1.89. The quantitative estimate of drug-likeness (QED) is 0.841. The van der Waals surface area contributed by atoms with Gasteiger partial charge >= 0.3 is 5.97 Å². The van der Waals surface area contributed by atoms with Crippen LogP contribution in [0.1, 0.15) is 50.4 Å². The maximum Gasteiger partial charge on any atom is 0.338 e. The maximum atomic E-state index is 12.3. The van der Waals surface area contributed by atoms with Crippen molar-refractivity contribution >= 4 is 11.9 Å². The van der Waals surface area contributed by atoms with Crippen molar-refractivity contribution in [2.75, 3.05) is 7.11 Å². The summed E-state index contributed by atoms with van der Waals surface area (Å²) >= 11 is 0. The molecule has 5 heteroatoms. The van der Waals surface area contributed by atoms with Crippen LogP contribution in [-0.2, 0) is 9.53 Å². The monoisotopic (exact) mass is 333 g/mol. The van der Waals surface area contributed by atoms with Gasteiger partial charge in [0.25, 0.3) is 5.91 Å². The Morgan fingerprint density at radius 1 is 1.17 bits per heavy atom. The standard InChI is InChI=1S/C19H27NO4/c1-12-6-5-7-17(13(12)2)20-18(21)14(3)24-19(22)15-8-10-16(23-4)11-9-15/h8-14,17H,5-7H2,1-4H3,(H,20,21)/t12-,13-,14-,17+/m1/s1. The van der Waals surface area contributed by atoms with Crippen molar-refractivity contribution in [3.05, 3.63) is 29.8 Å². The average molecular weight is 333 g/mol. The van der Waals surface area contributed by atoms with Crippen LogP contribution in [0.3, 0.4) is 0 Å². The molecule has 2 rings (SSSR count). The average Bonchev–Trinajstić information content (AvgIpc) is 2.58. The van der Waals surface area contributed by atoms with Gasteiger partial charge in [0.1, 0.15) is 5.75 Å². The van der Waals surface area contributed by atoms with Gasteiger partial charge in [-0.15, -0.1) is 0 Å². The van der Waals surface area contributed by atoms with E-state index in [1.807, 2.05) is 0 Å². The third kappa shape index (κ3) is 4.49. The number of methoxy groups -OCH3 is 1. The zero-order chi connectivity index (χ0) is 17.7. The van der Waals surface area contributed by atoms with E-state index in [1.54, 1.807) is 38.3 Å². The van der Waals surface area contributed by atoms with Gasteiger partial charge in [-0.3, -0.25) is 4.79 Å². The van der Waals surface area contributed by atoms with Crippen LogP contribution < -0.4 is 10.1 Å². The summed E-state index contributed by atoms with van der Waals surface area (Å²) in [6.07, 6.45) is 2.49. The molecule has 5 nitrogen and oxygen atoms in total. The minimum absolute atomic E-state index is 0.156. The van der Waals surface area contributed by atoms with Gasteiger partial charge < -0.3 is 14.8 Å². The fourth-order valence-electron chi connectivity index (χ4n) is 3.10. The van der Waals surface area contributed by atoms with E-state index in [0.29, 0.717) is 23.1 Å². The molecular weight excluding hydrogens is 306 g/mol. The minimum Gasteiger partial charge on any atom is -0.497 e. The molecule has 1 aliphatic rings. The maximum absolute atomic E-state index is 12.3. The van der Waals surface area contributed by atoms with Crippen LogP contribution in [0.2, 0.25) is 0 Å². The van der Waals surface area contributed by atoms with E-state index >= 15 is 0 Å². The highest BCUT2D eigenvalue weighted by Gasteiger charge is 2.30. The first-order valence-corrected chi connectivity index (χ1v) is 8.57. The lowest BCUT2D eigenvalue weighted by atomic mass is 9.78. The van der Waals surface area contributed by atoms with Gasteiger partial charge in [0.05, 0.1) is 12.7 Å². The molecule has 1 aromatic rings. The summed E-state index contributed by atoms with van der Waals surface area (Å²) in [6.45, 7) is 5.99. The number of nitrogens with one attached hydrogen (secondary N) is 1. The van der Waals surface area contributed by atoms with Gasteiger partial charge in [-0.1, -0.05) is 26.7 Å². The van der Waals surface area contributed by atoms with Crippen LogP contribution in [0, 0.1) is 11.8 Å². The molecular formula is C19H27NO4. The lowest BCUT2D eigenvalue weighted by Gasteiger charge is -2.35. The summed E-state index contributed by atoms with van der Waals surface area (Å²) in [5, 5.41) is 3.04. The predicted molar refractivity (Wildman–Crippen MR) is 92.0 cm³/mol. The summed E-state index contributed by atoms with van der Waals surface area (Å²) in [5.41, 5.74) is 0.398. The van der Waals surface area contributed by atoms with Gasteiger partial charge in [0.2, 0.25) is 0 Å². The second kappa shape index (κ2) is 8.18. The van der Waals surface area contributed by atoms with Crippen molar-refractivity contribution in [2.24, 2.45) is 11.8 Å². The van der Waals surface area contributed by atoms with E-state index in [0.717, 1.165) is 12.8 Å². The molecule has 0 spiro atoms. The molecule has 0 heterocycles. The number of hydrogen-bond acceptors (Lipinski definition) is 4. The van der Waals surface area contributed by atoms with Gasteiger partial charge in [0.15, 0.2) is 6.10 Å². The summed E-state index contributed by atoms with van der Waals surface area (Å²) < 4.78 is 10.3. The fourth-order valence-corrected chi connectivity index (χ4v) is 3.10. The van der Waals surface area contributed by atoms with E-state index in [4.69, 9.17) is 9.47 Å². The molecule has 4 atom stereocenters. The van der Waals surface area contributed by atoms with Crippen molar-refractivity contribution < 1.29 is 19.1 Å². The molecule has 132 valence electrons.